The van der Waals surface area contributed by atoms with Gasteiger partial charge in [0, 0.05) is 22.5 Å². The summed E-state index contributed by atoms with van der Waals surface area (Å²) in [5.74, 6) is -0.487. The molecular formula is C12H13BrN2O4. The first-order chi connectivity index (χ1) is 8.97. The third-order valence-corrected chi connectivity index (χ3v) is 3.81. The van der Waals surface area contributed by atoms with Gasteiger partial charge < -0.3 is 10.4 Å². The fourth-order valence-electron chi connectivity index (χ4n) is 1.78. The molecule has 1 aliphatic rings. The van der Waals surface area contributed by atoms with Crippen molar-refractivity contribution in [1.82, 2.24) is 5.32 Å². The normalized spacial score (nSPS) is 15.9. The Balaban J connectivity index is 2.12. The summed E-state index contributed by atoms with van der Waals surface area (Å²) in [5, 5.41) is 22.7. The summed E-state index contributed by atoms with van der Waals surface area (Å²) >= 11 is 3.14. The predicted molar refractivity (Wildman–Crippen MR) is 71.9 cm³/mol. The van der Waals surface area contributed by atoms with Crippen LogP contribution >= 0.6 is 15.9 Å². The number of nitrogens with one attached hydrogen (secondary N) is 1. The molecule has 0 aliphatic heterocycles. The summed E-state index contributed by atoms with van der Waals surface area (Å²) in [6.45, 7) is 0.366. The van der Waals surface area contributed by atoms with Crippen molar-refractivity contribution in [2.24, 2.45) is 5.41 Å². The van der Waals surface area contributed by atoms with Gasteiger partial charge in [0.15, 0.2) is 0 Å². The molecule has 0 aromatic heterocycles. The molecule has 2 N–H and O–H groups in total. The molecule has 0 radical (unpaired) electrons. The van der Waals surface area contributed by atoms with Gasteiger partial charge >= 0.3 is 0 Å². The van der Waals surface area contributed by atoms with Crippen molar-refractivity contribution in [3.63, 3.8) is 0 Å². The minimum absolute atomic E-state index is 0.0235. The zero-order valence-electron chi connectivity index (χ0n) is 10.1. The van der Waals surface area contributed by atoms with Crippen LogP contribution in [0.3, 0.4) is 0 Å². The molecule has 6 nitrogen and oxygen atoms in total. The van der Waals surface area contributed by atoms with E-state index >= 15 is 0 Å². The van der Waals surface area contributed by atoms with Gasteiger partial charge in [-0.3, -0.25) is 14.9 Å². The molecular weight excluding hydrogens is 316 g/mol. The van der Waals surface area contributed by atoms with E-state index in [0.717, 1.165) is 12.8 Å². The number of halogens is 1. The monoisotopic (exact) mass is 328 g/mol. The highest BCUT2D eigenvalue weighted by atomic mass is 79.9. The van der Waals surface area contributed by atoms with Crippen LogP contribution in [0.1, 0.15) is 23.2 Å². The van der Waals surface area contributed by atoms with Crippen LogP contribution in [-0.2, 0) is 0 Å². The smallest absolute Gasteiger partial charge is 0.283 e. The minimum Gasteiger partial charge on any atom is -0.396 e. The topological polar surface area (TPSA) is 92.5 Å². The van der Waals surface area contributed by atoms with Gasteiger partial charge in [0.1, 0.15) is 5.56 Å². The number of aliphatic hydroxyl groups excluding tert-OH is 1. The molecule has 0 atom stereocenters. The van der Waals surface area contributed by atoms with Gasteiger partial charge in [-0.25, -0.2) is 0 Å². The number of nitrogens with zero attached hydrogens (tertiary/aromatic N) is 1. The largest absolute Gasteiger partial charge is 0.396 e. The Kier molecular flexibility index (Phi) is 3.86. The molecule has 1 aliphatic carbocycles. The molecule has 1 amide bonds. The van der Waals surface area contributed by atoms with Crippen LogP contribution in [0.2, 0.25) is 0 Å². The first-order valence-corrected chi connectivity index (χ1v) is 6.60. The molecule has 1 aromatic rings. The lowest BCUT2D eigenvalue weighted by Crippen LogP contribution is -2.32. The molecule has 0 bridgehead atoms. The molecule has 0 spiro atoms. The number of nitro benzene ring substituents is 1. The van der Waals surface area contributed by atoms with Gasteiger partial charge in [-0.1, -0.05) is 15.9 Å². The third-order valence-electron chi connectivity index (χ3n) is 3.32. The Morgan fingerprint density at radius 2 is 2.21 bits per heavy atom. The number of benzene rings is 1. The summed E-state index contributed by atoms with van der Waals surface area (Å²) in [6.07, 6.45) is 1.73. The number of hydrogen-bond donors (Lipinski definition) is 2. The zero-order valence-corrected chi connectivity index (χ0v) is 11.6. The Morgan fingerprint density at radius 3 is 2.74 bits per heavy atom. The number of carbonyl (C=O) groups excluding carboxylic acids is 1. The summed E-state index contributed by atoms with van der Waals surface area (Å²) in [7, 11) is 0. The number of aliphatic hydroxyl groups is 1. The number of amides is 1. The van der Waals surface area contributed by atoms with Gasteiger partial charge in [0.2, 0.25) is 0 Å². The van der Waals surface area contributed by atoms with Crippen LogP contribution in [0.4, 0.5) is 5.69 Å². The summed E-state index contributed by atoms with van der Waals surface area (Å²) in [4.78, 5) is 22.3. The Hall–Kier alpha value is -1.47. The lowest BCUT2D eigenvalue weighted by Gasteiger charge is -2.12. The summed E-state index contributed by atoms with van der Waals surface area (Å²) < 4.78 is 0.546. The molecule has 7 heteroatoms. The van der Waals surface area contributed by atoms with E-state index in [4.69, 9.17) is 5.11 Å². The highest BCUT2D eigenvalue weighted by molar-refractivity contribution is 9.10. The number of carbonyl (C=O) groups is 1. The highest BCUT2D eigenvalue weighted by Gasteiger charge is 2.42. The summed E-state index contributed by atoms with van der Waals surface area (Å²) in [5.41, 5.74) is -0.428. The van der Waals surface area contributed by atoms with E-state index in [2.05, 4.69) is 21.2 Å². The molecule has 1 saturated carbocycles. The number of hydrogen-bond acceptors (Lipinski definition) is 4. The predicted octanol–water partition coefficient (Wildman–Crippen LogP) is 1.86. The zero-order chi connectivity index (χ0) is 14.0. The average Bonchev–Trinajstić information content (AvgIpc) is 3.16. The quantitative estimate of drug-likeness (QED) is 0.637. The molecule has 1 aromatic carbocycles. The SMILES string of the molecule is O=C(NCC1(CO)CC1)c1ccc(Br)cc1[N+](=O)[O-]. The van der Waals surface area contributed by atoms with Crippen LogP contribution in [0.25, 0.3) is 0 Å². The lowest BCUT2D eigenvalue weighted by atomic mass is 10.1. The van der Waals surface area contributed by atoms with Crippen LogP contribution in [0.15, 0.2) is 22.7 Å². The van der Waals surface area contributed by atoms with E-state index in [1.165, 1.54) is 12.1 Å². The first kappa shape index (κ1) is 14.0. The maximum atomic E-state index is 12.0. The van der Waals surface area contributed by atoms with Crippen LogP contribution < -0.4 is 5.32 Å². The maximum Gasteiger partial charge on any atom is 0.283 e. The van der Waals surface area contributed by atoms with Crippen molar-refractivity contribution in [2.45, 2.75) is 12.8 Å². The summed E-state index contributed by atoms with van der Waals surface area (Å²) in [6, 6.07) is 4.30. The van der Waals surface area contributed by atoms with Gasteiger partial charge in [-0.15, -0.1) is 0 Å². The van der Waals surface area contributed by atoms with E-state index in [0.29, 0.717) is 11.0 Å². The average molecular weight is 329 g/mol. The van der Waals surface area contributed by atoms with Crippen molar-refractivity contribution in [1.29, 1.82) is 0 Å². The molecule has 2 rings (SSSR count). The number of rotatable bonds is 5. The van der Waals surface area contributed by atoms with Gasteiger partial charge in [0.05, 0.1) is 11.5 Å². The molecule has 0 saturated heterocycles. The molecule has 1 fully saturated rings. The second-order valence-electron chi connectivity index (χ2n) is 4.76. The standard InChI is InChI=1S/C12H13BrN2O4/c13-8-1-2-9(10(5-8)15(18)19)11(17)14-6-12(7-16)3-4-12/h1-2,5,16H,3-4,6-7H2,(H,14,17). The van der Waals surface area contributed by atoms with E-state index in [-0.39, 0.29) is 23.3 Å². The number of nitro groups is 1. The van der Waals surface area contributed by atoms with Crippen molar-refractivity contribution in [3.8, 4) is 0 Å². The Bertz CT molecular complexity index is 528. The molecule has 0 heterocycles. The lowest BCUT2D eigenvalue weighted by molar-refractivity contribution is -0.385. The highest BCUT2D eigenvalue weighted by Crippen LogP contribution is 2.44. The fraction of sp³-hybridized carbons (Fsp3) is 0.417. The molecule has 19 heavy (non-hydrogen) atoms. The Labute approximate surface area is 118 Å². The van der Waals surface area contributed by atoms with Crippen molar-refractivity contribution >= 4 is 27.5 Å². The second-order valence-corrected chi connectivity index (χ2v) is 5.68. The van der Waals surface area contributed by atoms with Crippen molar-refractivity contribution in [2.75, 3.05) is 13.2 Å². The fourth-order valence-corrected chi connectivity index (χ4v) is 2.13. The first-order valence-electron chi connectivity index (χ1n) is 5.80. The van der Waals surface area contributed by atoms with E-state index in [9.17, 15) is 14.9 Å². The van der Waals surface area contributed by atoms with Crippen molar-refractivity contribution in [3.05, 3.63) is 38.3 Å². The van der Waals surface area contributed by atoms with Gasteiger partial charge in [-0.2, -0.15) is 0 Å². The molecule has 0 unspecified atom stereocenters. The maximum absolute atomic E-state index is 12.0. The van der Waals surface area contributed by atoms with E-state index < -0.39 is 10.8 Å². The van der Waals surface area contributed by atoms with Crippen molar-refractivity contribution < 1.29 is 14.8 Å². The van der Waals surface area contributed by atoms with Crippen LogP contribution in [0, 0.1) is 15.5 Å². The second kappa shape index (κ2) is 5.26. The van der Waals surface area contributed by atoms with Crippen LogP contribution in [-0.4, -0.2) is 29.1 Å². The minimum atomic E-state index is -0.585. The van der Waals surface area contributed by atoms with Gasteiger partial charge in [0.25, 0.3) is 11.6 Å². The molecule has 102 valence electrons. The van der Waals surface area contributed by atoms with Crippen LogP contribution in [0.5, 0.6) is 0 Å². The van der Waals surface area contributed by atoms with E-state index in [1.807, 2.05) is 0 Å². The van der Waals surface area contributed by atoms with Gasteiger partial charge in [-0.05, 0) is 25.0 Å². The third kappa shape index (κ3) is 3.10. The van der Waals surface area contributed by atoms with E-state index in [1.54, 1.807) is 6.07 Å². The Morgan fingerprint density at radius 1 is 1.53 bits per heavy atom.